The van der Waals surface area contributed by atoms with Crippen LogP contribution in [0.1, 0.15) is 6.92 Å². The van der Waals surface area contributed by atoms with E-state index in [9.17, 15) is 22.0 Å². The maximum Gasteiger partial charge on any atom is 0.265 e. The van der Waals surface area contributed by atoms with Crippen molar-refractivity contribution >= 4 is 21.6 Å². The second kappa shape index (κ2) is 9.07. The number of carbonyl (C=O) groups is 1. The van der Waals surface area contributed by atoms with Crippen molar-refractivity contribution in [3.05, 3.63) is 54.1 Å². The van der Waals surface area contributed by atoms with Crippen LogP contribution >= 0.6 is 0 Å². The number of anilines is 1. The third-order valence-corrected chi connectivity index (χ3v) is 6.67. The third kappa shape index (κ3) is 5.13. The zero-order valence-electron chi connectivity index (χ0n) is 16.6. The maximum atomic E-state index is 13.3. The minimum absolute atomic E-state index is 0.00273. The SMILES string of the molecule is CC(Oc1ccc(F)c(F)c1)C(=O)Nc1cccc(S(=O)(=O)N2CCN(C)CC2)c1. The second-order valence-electron chi connectivity index (χ2n) is 7.06. The molecule has 7 nitrogen and oxygen atoms in total. The lowest BCUT2D eigenvalue weighted by Crippen LogP contribution is -2.47. The number of carbonyl (C=O) groups excluding carboxylic acids is 1. The van der Waals surface area contributed by atoms with Gasteiger partial charge < -0.3 is 15.0 Å². The fourth-order valence-electron chi connectivity index (χ4n) is 2.96. The molecule has 0 saturated carbocycles. The van der Waals surface area contributed by atoms with Gasteiger partial charge in [-0.2, -0.15) is 4.31 Å². The number of nitrogens with zero attached hydrogens (tertiary/aromatic N) is 2. The first kappa shape index (κ1) is 22.1. The van der Waals surface area contributed by atoms with Crippen LogP contribution in [0.25, 0.3) is 0 Å². The lowest BCUT2D eigenvalue weighted by Gasteiger charge is -2.31. The van der Waals surface area contributed by atoms with Crippen molar-refractivity contribution in [2.75, 3.05) is 38.5 Å². The molecule has 1 fully saturated rings. The Morgan fingerprint density at radius 1 is 1.07 bits per heavy atom. The Morgan fingerprint density at radius 2 is 1.77 bits per heavy atom. The molecule has 1 N–H and O–H groups in total. The van der Waals surface area contributed by atoms with Crippen LogP contribution in [0.15, 0.2) is 47.4 Å². The summed E-state index contributed by atoms with van der Waals surface area (Å²) in [6.45, 7) is 3.54. The summed E-state index contributed by atoms with van der Waals surface area (Å²) in [5.74, 6) is -2.66. The van der Waals surface area contributed by atoms with Crippen LogP contribution in [0.5, 0.6) is 5.75 Å². The molecule has 1 aliphatic heterocycles. The number of ether oxygens (including phenoxy) is 1. The molecular formula is C20H23F2N3O4S. The minimum atomic E-state index is -3.67. The van der Waals surface area contributed by atoms with Crippen molar-refractivity contribution in [2.24, 2.45) is 0 Å². The molecule has 3 rings (SSSR count). The van der Waals surface area contributed by atoms with Gasteiger partial charge in [-0.3, -0.25) is 4.79 Å². The first-order valence-electron chi connectivity index (χ1n) is 9.38. The van der Waals surface area contributed by atoms with E-state index in [2.05, 4.69) is 10.2 Å². The molecule has 1 amide bonds. The summed E-state index contributed by atoms with van der Waals surface area (Å²) >= 11 is 0. The summed E-state index contributed by atoms with van der Waals surface area (Å²) in [6, 6.07) is 8.93. The first-order chi connectivity index (χ1) is 14.2. The molecule has 1 unspecified atom stereocenters. The van der Waals surface area contributed by atoms with Gasteiger partial charge in [0.15, 0.2) is 17.7 Å². The van der Waals surface area contributed by atoms with E-state index in [4.69, 9.17) is 4.74 Å². The van der Waals surface area contributed by atoms with Crippen molar-refractivity contribution in [3.8, 4) is 5.75 Å². The number of likely N-dealkylation sites (N-methyl/N-ethyl adjacent to an activating group) is 1. The van der Waals surface area contributed by atoms with Gasteiger partial charge >= 0.3 is 0 Å². The molecule has 1 aliphatic rings. The topological polar surface area (TPSA) is 78.9 Å². The second-order valence-corrected chi connectivity index (χ2v) is 9.00. The summed E-state index contributed by atoms with van der Waals surface area (Å²) in [5.41, 5.74) is 0.288. The highest BCUT2D eigenvalue weighted by Crippen LogP contribution is 2.22. The van der Waals surface area contributed by atoms with Crippen LogP contribution < -0.4 is 10.1 Å². The summed E-state index contributed by atoms with van der Waals surface area (Å²) in [6.07, 6.45) is -1.02. The van der Waals surface area contributed by atoms with Gasteiger partial charge in [-0.05, 0) is 44.3 Å². The van der Waals surface area contributed by atoms with Gasteiger partial charge in [-0.15, -0.1) is 0 Å². The molecule has 0 spiro atoms. The Balaban J connectivity index is 1.68. The Labute approximate surface area is 174 Å². The Morgan fingerprint density at radius 3 is 2.43 bits per heavy atom. The van der Waals surface area contributed by atoms with Crippen LogP contribution in [0.3, 0.4) is 0 Å². The molecule has 0 bridgehead atoms. The summed E-state index contributed by atoms with van der Waals surface area (Å²) < 4.78 is 58.8. The van der Waals surface area contributed by atoms with Crippen molar-refractivity contribution in [2.45, 2.75) is 17.9 Å². The minimum Gasteiger partial charge on any atom is -0.481 e. The molecule has 0 aromatic heterocycles. The summed E-state index contributed by atoms with van der Waals surface area (Å²) in [4.78, 5) is 14.5. The van der Waals surface area contributed by atoms with Gasteiger partial charge in [0.25, 0.3) is 5.91 Å². The van der Waals surface area contributed by atoms with Gasteiger partial charge in [0.1, 0.15) is 5.75 Å². The normalized spacial score (nSPS) is 16.8. The number of rotatable bonds is 6. The number of hydrogen-bond acceptors (Lipinski definition) is 5. The van der Waals surface area contributed by atoms with E-state index in [-0.39, 0.29) is 16.3 Å². The van der Waals surface area contributed by atoms with E-state index in [0.717, 1.165) is 12.1 Å². The van der Waals surface area contributed by atoms with Gasteiger partial charge in [0.2, 0.25) is 10.0 Å². The van der Waals surface area contributed by atoms with Crippen LogP contribution in [0.4, 0.5) is 14.5 Å². The number of piperazine rings is 1. The van der Waals surface area contributed by atoms with Crippen molar-refractivity contribution in [1.29, 1.82) is 0 Å². The monoisotopic (exact) mass is 439 g/mol. The number of benzene rings is 2. The Kier molecular flexibility index (Phi) is 6.69. The van der Waals surface area contributed by atoms with Gasteiger partial charge in [-0.25, -0.2) is 17.2 Å². The smallest absolute Gasteiger partial charge is 0.265 e. The quantitative estimate of drug-likeness (QED) is 0.747. The van der Waals surface area contributed by atoms with Gasteiger partial charge in [0.05, 0.1) is 4.90 Å². The molecule has 1 atom stereocenters. The van der Waals surface area contributed by atoms with Crippen molar-refractivity contribution in [3.63, 3.8) is 0 Å². The Bertz CT molecular complexity index is 1020. The number of hydrogen-bond donors (Lipinski definition) is 1. The average Bonchev–Trinajstić information content (AvgIpc) is 2.71. The largest absolute Gasteiger partial charge is 0.481 e. The summed E-state index contributed by atoms with van der Waals surface area (Å²) in [7, 11) is -1.74. The average molecular weight is 439 g/mol. The number of amides is 1. The van der Waals surface area contributed by atoms with E-state index < -0.39 is 33.7 Å². The molecule has 2 aromatic carbocycles. The zero-order chi connectivity index (χ0) is 21.9. The standard InChI is InChI=1S/C20H23F2N3O4S/c1-14(29-16-6-7-18(21)19(22)13-16)20(26)23-15-4-3-5-17(12-15)30(27,28)25-10-8-24(2)9-11-25/h3-7,12-14H,8-11H2,1-2H3,(H,23,26). The number of sulfonamides is 1. The fourth-order valence-corrected chi connectivity index (χ4v) is 4.43. The van der Waals surface area contributed by atoms with Crippen LogP contribution in [0, 0.1) is 11.6 Å². The van der Waals surface area contributed by atoms with E-state index >= 15 is 0 Å². The van der Waals surface area contributed by atoms with Crippen LogP contribution in [-0.2, 0) is 14.8 Å². The van der Waals surface area contributed by atoms with E-state index in [1.807, 2.05) is 7.05 Å². The zero-order valence-corrected chi connectivity index (χ0v) is 17.5. The lowest BCUT2D eigenvalue weighted by molar-refractivity contribution is -0.122. The molecule has 10 heteroatoms. The summed E-state index contributed by atoms with van der Waals surface area (Å²) in [5, 5.41) is 2.59. The highest BCUT2D eigenvalue weighted by molar-refractivity contribution is 7.89. The third-order valence-electron chi connectivity index (χ3n) is 4.77. The van der Waals surface area contributed by atoms with E-state index in [1.165, 1.54) is 29.4 Å². The van der Waals surface area contributed by atoms with Gasteiger partial charge in [-0.1, -0.05) is 6.07 Å². The molecule has 162 valence electrons. The maximum absolute atomic E-state index is 13.3. The highest BCUT2D eigenvalue weighted by atomic mass is 32.2. The molecular weight excluding hydrogens is 416 g/mol. The fraction of sp³-hybridized carbons (Fsp3) is 0.350. The molecule has 1 saturated heterocycles. The molecule has 30 heavy (non-hydrogen) atoms. The van der Waals surface area contributed by atoms with Crippen molar-refractivity contribution in [1.82, 2.24) is 9.21 Å². The van der Waals surface area contributed by atoms with E-state index in [1.54, 1.807) is 12.1 Å². The lowest BCUT2D eigenvalue weighted by atomic mass is 10.3. The first-order valence-corrected chi connectivity index (χ1v) is 10.8. The molecule has 1 heterocycles. The highest BCUT2D eigenvalue weighted by Gasteiger charge is 2.27. The predicted molar refractivity (Wildman–Crippen MR) is 108 cm³/mol. The molecule has 0 aliphatic carbocycles. The van der Waals surface area contributed by atoms with Crippen LogP contribution in [0.2, 0.25) is 0 Å². The predicted octanol–water partition coefficient (Wildman–Crippen LogP) is 2.31. The van der Waals surface area contributed by atoms with Crippen LogP contribution in [-0.4, -0.2) is 62.9 Å². The van der Waals surface area contributed by atoms with Gasteiger partial charge in [0, 0.05) is 37.9 Å². The van der Waals surface area contributed by atoms with E-state index in [0.29, 0.717) is 26.2 Å². The number of nitrogens with one attached hydrogen (secondary N) is 1. The van der Waals surface area contributed by atoms with Crippen molar-refractivity contribution < 1.29 is 26.7 Å². The molecule has 0 radical (unpaired) electrons. The molecule has 2 aromatic rings. The number of halogens is 2. The Hall–Kier alpha value is -2.56.